The third kappa shape index (κ3) is 3.54. The van der Waals surface area contributed by atoms with Gasteiger partial charge in [0.1, 0.15) is 0 Å². The lowest BCUT2D eigenvalue weighted by atomic mass is 10.1. The van der Waals surface area contributed by atoms with E-state index in [1.165, 1.54) is 0 Å². The lowest BCUT2D eigenvalue weighted by molar-refractivity contribution is 0.0953. The molecule has 2 aromatic rings. The van der Waals surface area contributed by atoms with Gasteiger partial charge in [-0.15, -0.1) is 5.10 Å². The topological polar surface area (TPSA) is 85.8 Å². The molecule has 2 rings (SSSR count). The van der Waals surface area contributed by atoms with Gasteiger partial charge in [0.25, 0.3) is 5.91 Å². The molecule has 1 heterocycles. The molecule has 0 unspecified atom stereocenters. The summed E-state index contributed by atoms with van der Waals surface area (Å²) in [6, 6.07) is 5.42. The van der Waals surface area contributed by atoms with Gasteiger partial charge in [-0.25, -0.2) is 0 Å². The number of aryl methyl sites for hydroxylation is 2. The highest BCUT2D eigenvalue weighted by Gasteiger charge is 2.08. The summed E-state index contributed by atoms with van der Waals surface area (Å²) in [5.74, 6) is -0.143. The number of carbonyl (C=O) groups excluding carboxylic acids is 1. The normalized spacial score (nSPS) is 10.4. The molecular weight excluding hydrogens is 242 g/mol. The number of rotatable bonds is 5. The molecule has 0 saturated heterocycles. The van der Waals surface area contributed by atoms with Crippen molar-refractivity contribution in [2.45, 2.75) is 19.9 Å². The Morgan fingerprint density at radius 1 is 1.47 bits per heavy atom. The Kier molecular flexibility index (Phi) is 4.12. The Bertz CT molecular complexity index is 550. The van der Waals surface area contributed by atoms with Crippen molar-refractivity contribution in [1.82, 2.24) is 20.3 Å². The van der Waals surface area contributed by atoms with Crippen molar-refractivity contribution >= 4 is 11.6 Å². The van der Waals surface area contributed by atoms with Crippen LogP contribution in [-0.2, 0) is 6.54 Å². The molecule has 0 bridgehead atoms. The monoisotopic (exact) mass is 259 g/mol. The molecule has 6 heteroatoms. The highest BCUT2D eigenvalue weighted by molar-refractivity contribution is 5.99. The van der Waals surface area contributed by atoms with E-state index < -0.39 is 0 Å². The van der Waals surface area contributed by atoms with E-state index in [1.54, 1.807) is 29.2 Å². The van der Waals surface area contributed by atoms with E-state index in [9.17, 15) is 4.79 Å². The van der Waals surface area contributed by atoms with Gasteiger partial charge in [-0.05, 0) is 31.0 Å². The molecule has 100 valence electrons. The maximum absolute atomic E-state index is 11.9. The number of nitrogens with two attached hydrogens (primary N) is 1. The average molecular weight is 259 g/mol. The van der Waals surface area contributed by atoms with Crippen molar-refractivity contribution in [3.8, 4) is 0 Å². The van der Waals surface area contributed by atoms with Gasteiger partial charge in [-0.2, -0.15) is 0 Å². The first-order valence-electron chi connectivity index (χ1n) is 6.15. The standard InChI is InChI=1S/C13H17N5O/c1-10-3-4-11(12(14)9-10)13(19)15-5-2-7-18-8-6-16-17-18/h3-4,6,8-9H,2,5,7,14H2,1H3,(H,15,19). The fraction of sp³-hybridized carbons (Fsp3) is 0.308. The Morgan fingerprint density at radius 3 is 3.00 bits per heavy atom. The van der Waals surface area contributed by atoms with Crippen LogP contribution >= 0.6 is 0 Å². The molecule has 1 aromatic carbocycles. The molecule has 0 aliphatic rings. The molecule has 0 fully saturated rings. The van der Waals surface area contributed by atoms with Crippen molar-refractivity contribution in [3.05, 3.63) is 41.7 Å². The quantitative estimate of drug-likeness (QED) is 0.619. The second-order valence-corrected chi connectivity index (χ2v) is 4.37. The van der Waals surface area contributed by atoms with E-state index >= 15 is 0 Å². The van der Waals surface area contributed by atoms with Crippen LogP contribution in [0.1, 0.15) is 22.3 Å². The van der Waals surface area contributed by atoms with Crippen LogP contribution in [0.3, 0.4) is 0 Å². The van der Waals surface area contributed by atoms with Crippen molar-refractivity contribution < 1.29 is 4.79 Å². The minimum Gasteiger partial charge on any atom is -0.398 e. The predicted octanol–water partition coefficient (Wildman–Crippen LogP) is 0.989. The number of carbonyl (C=O) groups is 1. The summed E-state index contributed by atoms with van der Waals surface area (Å²) in [6.07, 6.45) is 4.21. The summed E-state index contributed by atoms with van der Waals surface area (Å²) >= 11 is 0. The maximum Gasteiger partial charge on any atom is 0.253 e. The van der Waals surface area contributed by atoms with E-state index in [-0.39, 0.29) is 5.91 Å². The molecule has 0 aliphatic carbocycles. The number of benzene rings is 1. The Balaban J connectivity index is 1.81. The summed E-state index contributed by atoms with van der Waals surface area (Å²) in [6.45, 7) is 3.24. The van der Waals surface area contributed by atoms with Crippen molar-refractivity contribution in [3.63, 3.8) is 0 Å². The van der Waals surface area contributed by atoms with E-state index in [0.717, 1.165) is 18.5 Å². The molecule has 19 heavy (non-hydrogen) atoms. The zero-order valence-corrected chi connectivity index (χ0v) is 10.8. The molecule has 6 nitrogen and oxygen atoms in total. The van der Waals surface area contributed by atoms with Gasteiger partial charge >= 0.3 is 0 Å². The Labute approximate surface area is 111 Å². The zero-order valence-electron chi connectivity index (χ0n) is 10.8. The van der Waals surface area contributed by atoms with Crippen LogP contribution in [-0.4, -0.2) is 27.4 Å². The van der Waals surface area contributed by atoms with E-state index in [4.69, 9.17) is 5.73 Å². The van der Waals surface area contributed by atoms with Gasteiger partial charge in [-0.3, -0.25) is 9.48 Å². The van der Waals surface area contributed by atoms with E-state index in [1.807, 2.05) is 13.0 Å². The Hall–Kier alpha value is -2.37. The number of hydrogen-bond acceptors (Lipinski definition) is 4. The van der Waals surface area contributed by atoms with Crippen LogP contribution in [0.15, 0.2) is 30.6 Å². The van der Waals surface area contributed by atoms with Crippen molar-refractivity contribution in [1.29, 1.82) is 0 Å². The molecule has 0 spiro atoms. The predicted molar refractivity (Wildman–Crippen MR) is 72.6 cm³/mol. The summed E-state index contributed by atoms with van der Waals surface area (Å²) in [7, 11) is 0. The summed E-state index contributed by atoms with van der Waals surface area (Å²) in [5.41, 5.74) is 7.89. The molecule has 0 aliphatic heterocycles. The van der Waals surface area contributed by atoms with Gasteiger partial charge in [0.05, 0.1) is 11.8 Å². The summed E-state index contributed by atoms with van der Waals surface area (Å²) in [4.78, 5) is 11.9. The number of nitrogen functional groups attached to an aromatic ring is 1. The average Bonchev–Trinajstić information content (AvgIpc) is 2.87. The number of aromatic nitrogens is 3. The molecule has 0 atom stereocenters. The molecule has 1 amide bonds. The highest BCUT2D eigenvalue weighted by Crippen LogP contribution is 2.13. The third-order valence-corrected chi connectivity index (χ3v) is 2.77. The van der Waals surface area contributed by atoms with Crippen LogP contribution in [0.2, 0.25) is 0 Å². The SMILES string of the molecule is Cc1ccc(C(=O)NCCCn2ccnn2)c(N)c1. The molecule has 3 N–H and O–H groups in total. The van der Waals surface area contributed by atoms with Crippen LogP contribution in [0, 0.1) is 6.92 Å². The molecular formula is C13H17N5O. The zero-order chi connectivity index (χ0) is 13.7. The largest absolute Gasteiger partial charge is 0.398 e. The highest BCUT2D eigenvalue weighted by atomic mass is 16.1. The van der Waals surface area contributed by atoms with E-state index in [2.05, 4.69) is 15.6 Å². The van der Waals surface area contributed by atoms with Gasteiger partial charge in [0.2, 0.25) is 0 Å². The summed E-state index contributed by atoms with van der Waals surface area (Å²) in [5, 5.41) is 10.4. The van der Waals surface area contributed by atoms with Crippen LogP contribution in [0.4, 0.5) is 5.69 Å². The van der Waals surface area contributed by atoms with Gasteiger partial charge in [0, 0.05) is 25.0 Å². The fourth-order valence-corrected chi connectivity index (χ4v) is 1.78. The van der Waals surface area contributed by atoms with Crippen molar-refractivity contribution in [2.24, 2.45) is 0 Å². The first-order chi connectivity index (χ1) is 9.16. The second-order valence-electron chi connectivity index (χ2n) is 4.37. The van der Waals surface area contributed by atoms with Crippen LogP contribution in [0.25, 0.3) is 0 Å². The molecule has 0 saturated carbocycles. The lowest BCUT2D eigenvalue weighted by Gasteiger charge is -2.08. The minimum absolute atomic E-state index is 0.143. The second kappa shape index (κ2) is 5.99. The molecule has 0 radical (unpaired) electrons. The first kappa shape index (κ1) is 13.1. The van der Waals surface area contributed by atoms with Crippen LogP contribution in [0.5, 0.6) is 0 Å². The van der Waals surface area contributed by atoms with Gasteiger partial charge < -0.3 is 11.1 Å². The Morgan fingerprint density at radius 2 is 2.32 bits per heavy atom. The third-order valence-electron chi connectivity index (χ3n) is 2.77. The fourth-order valence-electron chi connectivity index (χ4n) is 1.78. The van der Waals surface area contributed by atoms with Crippen LogP contribution < -0.4 is 11.1 Å². The number of nitrogens with one attached hydrogen (secondary N) is 1. The number of amides is 1. The number of nitrogens with zero attached hydrogens (tertiary/aromatic N) is 3. The lowest BCUT2D eigenvalue weighted by Crippen LogP contribution is -2.26. The smallest absolute Gasteiger partial charge is 0.253 e. The maximum atomic E-state index is 11.9. The molecule has 1 aromatic heterocycles. The number of hydrogen-bond donors (Lipinski definition) is 2. The van der Waals surface area contributed by atoms with Gasteiger partial charge in [0.15, 0.2) is 0 Å². The summed E-state index contributed by atoms with van der Waals surface area (Å²) < 4.78 is 1.73. The van der Waals surface area contributed by atoms with Gasteiger partial charge in [-0.1, -0.05) is 11.3 Å². The number of anilines is 1. The first-order valence-corrected chi connectivity index (χ1v) is 6.15. The van der Waals surface area contributed by atoms with E-state index in [0.29, 0.717) is 17.8 Å². The van der Waals surface area contributed by atoms with Crippen molar-refractivity contribution in [2.75, 3.05) is 12.3 Å². The minimum atomic E-state index is -0.143.